The van der Waals surface area contributed by atoms with Gasteiger partial charge in [0.2, 0.25) is 5.91 Å². The minimum Gasteiger partial charge on any atom is -0.453 e. The van der Waals surface area contributed by atoms with Gasteiger partial charge in [0.1, 0.15) is 0 Å². The fraction of sp³-hybridized carbons (Fsp3) is 0.889. The molecule has 0 atom stereocenters. The molecule has 5 nitrogen and oxygen atoms in total. The SMILES string of the molecule is COC(=O)N1CCCN(C(=O)C23CC4CC(CC(C4)C2)C3)CC1. The summed E-state index contributed by atoms with van der Waals surface area (Å²) in [7, 11) is 1.42. The number of carbonyl (C=O) groups excluding carboxylic acids is 2. The van der Waals surface area contributed by atoms with Crippen molar-refractivity contribution in [3.63, 3.8) is 0 Å². The first-order valence-electron chi connectivity index (χ1n) is 9.22. The molecule has 4 bridgehead atoms. The maximum Gasteiger partial charge on any atom is 0.409 e. The monoisotopic (exact) mass is 320 g/mol. The van der Waals surface area contributed by atoms with E-state index in [1.807, 2.05) is 0 Å². The predicted octanol–water partition coefficient (Wildman–Crippen LogP) is 2.50. The molecule has 2 amide bonds. The van der Waals surface area contributed by atoms with E-state index in [9.17, 15) is 9.59 Å². The van der Waals surface area contributed by atoms with Gasteiger partial charge in [-0.3, -0.25) is 4.79 Å². The van der Waals surface area contributed by atoms with E-state index in [0.717, 1.165) is 50.0 Å². The van der Waals surface area contributed by atoms with Gasteiger partial charge >= 0.3 is 6.09 Å². The summed E-state index contributed by atoms with van der Waals surface area (Å²) >= 11 is 0. The van der Waals surface area contributed by atoms with Gasteiger partial charge in [-0.25, -0.2) is 4.79 Å². The first-order chi connectivity index (χ1) is 11.1. The molecule has 5 fully saturated rings. The van der Waals surface area contributed by atoms with Gasteiger partial charge in [0.15, 0.2) is 0 Å². The third-order valence-electron chi connectivity index (χ3n) is 6.71. The third-order valence-corrected chi connectivity index (χ3v) is 6.71. The van der Waals surface area contributed by atoms with Gasteiger partial charge in [-0.1, -0.05) is 0 Å². The number of nitrogens with zero attached hydrogens (tertiary/aromatic N) is 2. The van der Waals surface area contributed by atoms with E-state index >= 15 is 0 Å². The average molecular weight is 320 g/mol. The maximum absolute atomic E-state index is 13.3. The van der Waals surface area contributed by atoms with Crippen molar-refractivity contribution >= 4 is 12.0 Å². The first kappa shape index (κ1) is 15.3. The van der Waals surface area contributed by atoms with E-state index in [1.54, 1.807) is 4.90 Å². The molecule has 0 unspecified atom stereocenters. The Morgan fingerprint density at radius 2 is 1.39 bits per heavy atom. The Hall–Kier alpha value is -1.26. The lowest BCUT2D eigenvalue weighted by molar-refractivity contribution is -0.157. The molecule has 4 aliphatic carbocycles. The van der Waals surface area contributed by atoms with Crippen molar-refractivity contribution in [1.29, 1.82) is 0 Å². The van der Waals surface area contributed by atoms with Crippen LogP contribution >= 0.6 is 0 Å². The second kappa shape index (κ2) is 5.67. The number of rotatable bonds is 1. The van der Waals surface area contributed by atoms with Crippen LogP contribution in [0.25, 0.3) is 0 Å². The Morgan fingerprint density at radius 3 is 1.96 bits per heavy atom. The Morgan fingerprint density at radius 1 is 0.870 bits per heavy atom. The van der Waals surface area contributed by atoms with Crippen LogP contribution in [0.2, 0.25) is 0 Å². The number of hydrogen-bond acceptors (Lipinski definition) is 3. The summed E-state index contributed by atoms with van der Waals surface area (Å²) in [6.07, 6.45) is 8.04. The minimum absolute atomic E-state index is 0.0603. The van der Waals surface area contributed by atoms with Crippen LogP contribution in [0.15, 0.2) is 0 Å². The van der Waals surface area contributed by atoms with Gasteiger partial charge in [-0.2, -0.15) is 0 Å². The number of methoxy groups -OCH3 is 1. The van der Waals surface area contributed by atoms with Crippen LogP contribution in [-0.4, -0.2) is 55.1 Å². The van der Waals surface area contributed by atoms with Gasteiger partial charge in [0.05, 0.1) is 12.5 Å². The Kier molecular flexibility index (Phi) is 3.77. The van der Waals surface area contributed by atoms with Crippen LogP contribution in [0.5, 0.6) is 0 Å². The van der Waals surface area contributed by atoms with Crippen LogP contribution in [0, 0.1) is 23.2 Å². The number of ether oxygens (including phenoxy) is 1. The molecule has 1 saturated heterocycles. The van der Waals surface area contributed by atoms with Crippen molar-refractivity contribution in [3.05, 3.63) is 0 Å². The highest BCUT2D eigenvalue weighted by atomic mass is 16.5. The Balaban J connectivity index is 1.46. The quantitative estimate of drug-likeness (QED) is 0.746. The Labute approximate surface area is 138 Å². The van der Waals surface area contributed by atoms with E-state index < -0.39 is 0 Å². The van der Waals surface area contributed by atoms with Crippen molar-refractivity contribution in [3.8, 4) is 0 Å². The van der Waals surface area contributed by atoms with Gasteiger partial charge < -0.3 is 14.5 Å². The van der Waals surface area contributed by atoms with Crippen molar-refractivity contribution < 1.29 is 14.3 Å². The van der Waals surface area contributed by atoms with Crippen molar-refractivity contribution in [2.45, 2.75) is 44.9 Å². The first-order valence-corrected chi connectivity index (χ1v) is 9.22. The van der Waals surface area contributed by atoms with Gasteiger partial charge in [-0.15, -0.1) is 0 Å². The molecular weight excluding hydrogens is 292 g/mol. The highest BCUT2D eigenvalue weighted by Crippen LogP contribution is 2.60. The normalized spacial score (nSPS) is 39.3. The summed E-state index contributed by atoms with van der Waals surface area (Å²) in [5.41, 5.74) is -0.0603. The van der Waals surface area contributed by atoms with Crippen LogP contribution in [-0.2, 0) is 9.53 Å². The zero-order valence-corrected chi connectivity index (χ0v) is 14.1. The van der Waals surface area contributed by atoms with Crippen molar-refractivity contribution in [1.82, 2.24) is 9.80 Å². The van der Waals surface area contributed by atoms with Crippen LogP contribution in [0.3, 0.4) is 0 Å². The van der Waals surface area contributed by atoms with E-state index in [-0.39, 0.29) is 11.5 Å². The summed E-state index contributed by atoms with van der Waals surface area (Å²) < 4.78 is 4.82. The fourth-order valence-electron chi connectivity index (χ4n) is 6.14. The molecule has 5 heteroatoms. The molecule has 0 radical (unpaired) electrons. The number of carbonyl (C=O) groups is 2. The summed E-state index contributed by atoms with van der Waals surface area (Å²) in [5, 5.41) is 0. The van der Waals surface area contributed by atoms with Gasteiger partial charge in [-0.05, 0) is 62.7 Å². The maximum atomic E-state index is 13.3. The average Bonchev–Trinajstić information content (AvgIpc) is 2.78. The van der Waals surface area contributed by atoms with Gasteiger partial charge in [0, 0.05) is 26.2 Å². The molecule has 23 heavy (non-hydrogen) atoms. The summed E-state index contributed by atoms with van der Waals surface area (Å²) in [6.45, 7) is 2.74. The second-order valence-corrected chi connectivity index (χ2v) is 8.30. The highest BCUT2D eigenvalue weighted by Gasteiger charge is 2.55. The number of hydrogen-bond donors (Lipinski definition) is 0. The molecule has 0 spiro atoms. The molecule has 0 aromatic heterocycles. The molecule has 5 rings (SSSR count). The largest absolute Gasteiger partial charge is 0.453 e. The van der Waals surface area contributed by atoms with Crippen LogP contribution in [0.4, 0.5) is 4.79 Å². The van der Waals surface area contributed by atoms with Crippen LogP contribution in [0.1, 0.15) is 44.9 Å². The predicted molar refractivity (Wildman–Crippen MR) is 85.8 cm³/mol. The smallest absolute Gasteiger partial charge is 0.409 e. The lowest BCUT2D eigenvalue weighted by Crippen LogP contribution is -2.55. The second-order valence-electron chi connectivity index (χ2n) is 8.30. The topological polar surface area (TPSA) is 49.9 Å². The van der Waals surface area contributed by atoms with Gasteiger partial charge in [0.25, 0.3) is 0 Å². The lowest BCUT2D eigenvalue weighted by Gasteiger charge is -2.56. The summed E-state index contributed by atoms with van der Waals surface area (Å²) in [5.74, 6) is 2.78. The van der Waals surface area contributed by atoms with E-state index in [0.29, 0.717) is 25.5 Å². The molecule has 0 aromatic carbocycles. The summed E-state index contributed by atoms with van der Waals surface area (Å²) in [6, 6.07) is 0. The minimum atomic E-state index is -0.269. The van der Waals surface area contributed by atoms with Crippen LogP contribution < -0.4 is 0 Å². The molecular formula is C18H28N2O3. The highest BCUT2D eigenvalue weighted by molar-refractivity contribution is 5.83. The summed E-state index contributed by atoms with van der Waals surface area (Å²) in [4.78, 5) is 28.8. The zero-order valence-electron chi connectivity index (χ0n) is 14.1. The molecule has 128 valence electrons. The lowest BCUT2D eigenvalue weighted by atomic mass is 9.49. The molecule has 0 aromatic rings. The third kappa shape index (κ3) is 2.62. The Bertz CT molecular complexity index is 469. The van der Waals surface area contributed by atoms with E-state index in [1.165, 1.54) is 26.4 Å². The van der Waals surface area contributed by atoms with E-state index in [4.69, 9.17) is 4.74 Å². The number of amides is 2. The van der Waals surface area contributed by atoms with Crippen molar-refractivity contribution in [2.75, 3.05) is 33.3 Å². The molecule has 5 aliphatic rings. The molecule has 1 heterocycles. The molecule has 1 aliphatic heterocycles. The fourth-order valence-corrected chi connectivity index (χ4v) is 6.14. The van der Waals surface area contributed by atoms with E-state index in [2.05, 4.69) is 4.90 Å². The standard InChI is InChI=1S/C18H28N2O3/c1-23-17(22)20-4-2-3-19(5-6-20)16(21)18-10-13-7-14(11-18)9-15(8-13)12-18/h13-15H,2-12H2,1H3. The van der Waals surface area contributed by atoms with Crippen molar-refractivity contribution in [2.24, 2.45) is 23.2 Å². The zero-order chi connectivity index (χ0) is 16.0. The molecule has 4 saturated carbocycles. The molecule has 0 N–H and O–H groups in total.